The van der Waals surface area contributed by atoms with Gasteiger partial charge in [0.25, 0.3) is 0 Å². The van der Waals surface area contributed by atoms with Crippen molar-refractivity contribution in [2.24, 2.45) is 10.7 Å². The van der Waals surface area contributed by atoms with Gasteiger partial charge in [0.15, 0.2) is 11.5 Å². The van der Waals surface area contributed by atoms with Gasteiger partial charge in [-0.05, 0) is 24.1 Å². The number of nitrogens with two attached hydrogens (primary N) is 1. The highest BCUT2D eigenvalue weighted by Crippen LogP contribution is 2.44. The van der Waals surface area contributed by atoms with Gasteiger partial charge in [-0.15, -0.1) is 0 Å². The Labute approximate surface area is 164 Å². The molecule has 2 heterocycles. The van der Waals surface area contributed by atoms with Gasteiger partial charge in [-0.25, -0.2) is 0 Å². The van der Waals surface area contributed by atoms with E-state index in [1.165, 1.54) is 11.3 Å². The highest BCUT2D eigenvalue weighted by molar-refractivity contribution is 5.95. The standard InChI is InChI=1S/C22H23N3O3/c1-14-17-11-20(27-2)21(28-9-5-8-22(23)26)12-18(17)24-13-16-10-15-6-3-4-7-19(15)25(14)16/h3-4,6-7,11-13,16H,1,5,8-10H2,2H3,(H2,23,26)/t16-/m0/s1. The first-order valence-electron chi connectivity index (χ1n) is 9.32. The molecule has 0 radical (unpaired) electrons. The van der Waals surface area contributed by atoms with Crippen LogP contribution in [0.4, 0.5) is 11.4 Å². The molecule has 0 aromatic heterocycles. The second kappa shape index (κ2) is 7.38. The van der Waals surface area contributed by atoms with E-state index in [0.29, 0.717) is 24.5 Å². The first-order chi connectivity index (χ1) is 13.6. The van der Waals surface area contributed by atoms with Crippen LogP contribution in [0.25, 0.3) is 5.70 Å². The van der Waals surface area contributed by atoms with Crippen LogP contribution >= 0.6 is 0 Å². The number of hydrogen-bond donors (Lipinski definition) is 1. The summed E-state index contributed by atoms with van der Waals surface area (Å²) in [7, 11) is 1.61. The maximum absolute atomic E-state index is 10.9. The topological polar surface area (TPSA) is 77.1 Å². The first-order valence-corrected chi connectivity index (χ1v) is 9.32. The highest BCUT2D eigenvalue weighted by Gasteiger charge is 2.33. The van der Waals surface area contributed by atoms with Crippen LogP contribution < -0.4 is 20.1 Å². The van der Waals surface area contributed by atoms with Crippen molar-refractivity contribution in [1.82, 2.24) is 0 Å². The molecule has 0 spiro atoms. The first kappa shape index (κ1) is 18.1. The maximum Gasteiger partial charge on any atom is 0.217 e. The summed E-state index contributed by atoms with van der Waals surface area (Å²) in [6.45, 7) is 4.73. The Morgan fingerprint density at radius 3 is 2.93 bits per heavy atom. The van der Waals surface area contributed by atoms with E-state index in [1.54, 1.807) is 7.11 Å². The molecule has 0 bridgehead atoms. The highest BCUT2D eigenvalue weighted by atomic mass is 16.5. The van der Waals surface area contributed by atoms with Gasteiger partial charge in [0.1, 0.15) is 0 Å². The summed E-state index contributed by atoms with van der Waals surface area (Å²) < 4.78 is 11.4. The van der Waals surface area contributed by atoms with Gasteiger partial charge < -0.3 is 20.1 Å². The summed E-state index contributed by atoms with van der Waals surface area (Å²) >= 11 is 0. The van der Waals surface area contributed by atoms with Gasteiger partial charge >= 0.3 is 0 Å². The Hall–Kier alpha value is -3.28. The molecule has 1 amide bonds. The SMILES string of the molecule is C=C1c2cc(OC)c(OCCCC(N)=O)cc2N=C[C@@H]2Cc3ccccc3N12. The number of fused-ring (bicyclic) bond motifs is 4. The molecule has 0 fully saturated rings. The van der Waals surface area contributed by atoms with Gasteiger partial charge in [-0.2, -0.15) is 0 Å². The molecule has 6 heteroatoms. The number of nitrogens with zero attached hydrogens (tertiary/aromatic N) is 2. The number of carbonyl (C=O) groups is 1. The molecule has 2 aliphatic rings. The quantitative estimate of drug-likeness (QED) is 0.782. The second-order valence-electron chi connectivity index (χ2n) is 6.93. The molecule has 0 unspecified atom stereocenters. The van der Waals surface area contributed by atoms with Crippen LogP contribution in [0.3, 0.4) is 0 Å². The molecule has 0 saturated carbocycles. The van der Waals surface area contributed by atoms with Crippen molar-refractivity contribution in [3.63, 3.8) is 0 Å². The van der Waals surface area contributed by atoms with E-state index in [4.69, 9.17) is 20.2 Å². The molecule has 2 N–H and O–H groups in total. The van der Waals surface area contributed by atoms with Gasteiger partial charge in [0.05, 0.1) is 25.4 Å². The second-order valence-corrected chi connectivity index (χ2v) is 6.93. The zero-order valence-corrected chi connectivity index (χ0v) is 15.9. The summed E-state index contributed by atoms with van der Waals surface area (Å²) in [5.41, 5.74) is 10.2. The summed E-state index contributed by atoms with van der Waals surface area (Å²) in [6.07, 6.45) is 3.72. The van der Waals surface area contributed by atoms with Crippen molar-refractivity contribution in [3.05, 3.63) is 54.1 Å². The minimum Gasteiger partial charge on any atom is -0.493 e. The number of hydrogen-bond acceptors (Lipinski definition) is 5. The van der Waals surface area contributed by atoms with E-state index in [2.05, 4.69) is 29.7 Å². The summed E-state index contributed by atoms with van der Waals surface area (Å²) in [4.78, 5) is 17.8. The molecule has 0 aliphatic carbocycles. The van der Waals surface area contributed by atoms with E-state index < -0.39 is 0 Å². The van der Waals surface area contributed by atoms with Crippen molar-refractivity contribution in [2.45, 2.75) is 25.3 Å². The maximum atomic E-state index is 10.9. The van der Waals surface area contributed by atoms with Crippen LogP contribution in [0, 0.1) is 0 Å². The molecular formula is C22H23N3O3. The van der Waals surface area contributed by atoms with Crippen molar-refractivity contribution < 1.29 is 14.3 Å². The fraction of sp³-hybridized carbons (Fsp3) is 0.273. The normalized spacial score (nSPS) is 16.8. The Balaban J connectivity index is 1.65. The smallest absolute Gasteiger partial charge is 0.217 e. The van der Waals surface area contributed by atoms with Crippen LogP contribution in [0.2, 0.25) is 0 Å². The monoisotopic (exact) mass is 377 g/mol. The average molecular weight is 377 g/mol. The predicted octanol–water partition coefficient (Wildman–Crippen LogP) is 3.46. The van der Waals surface area contributed by atoms with Crippen LogP contribution in [-0.2, 0) is 11.2 Å². The lowest BCUT2D eigenvalue weighted by Gasteiger charge is -2.26. The third kappa shape index (κ3) is 3.22. The molecule has 28 heavy (non-hydrogen) atoms. The summed E-state index contributed by atoms with van der Waals surface area (Å²) in [5.74, 6) is 0.873. The van der Waals surface area contributed by atoms with Gasteiger partial charge in [0, 0.05) is 42.1 Å². The lowest BCUT2D eigenvalue weighted by Crippen LogP contribution is -2.30. The Bertz CT molecular complexity index is 967. The summed E-state index contributed by atoms with van der Waals surface area (Å²) in [6, 6.07) is 12.3. The third-order valence-corrected chi connectivity index (χ3v) is 5.11. The minimum atomic E-state index is -0.334. The molecule has 6 nitrogen and oxygen atoms in total. The lowest BCUT2D eigenvalue weighted by molar-refractivity contribution is -0.118. The summed E-state index contributed by atoms with van der Waals surface area (Å²) in [5, 5.41) is 0. The van der Waals surface area contributed by atoms with E-state index in [9.17, 15) is 4.79 Å². The number of methoxy groups -OCH3 is 1. The van der Waals surface area contributed by atoms with Crippen molar-refractivity contribution in [2.75, 3.05) is 18.6 Å². The Kier molecular flexibility index (Phi) is 4.77. The molecule has 2 aromatic rings. The number of benzene rings is 2. The Morgan fingerprint density at radius 1 is 1.32 bits per heavy atom. The number of amides is 1. The zero-order chi connectivity index (χ0) is 19.7. The third-order valence-electron chi connectivity index (χ3n) is 5.11. The molecular weight excluding hydrogens is 354 g/mol. The predicted molar refractivity (Wildman–Crippen MR) is 111 cm³/mol. The van der Waals surface area contributed by atoms with Crippen molar-refractivity contribution in [1.29, 1.82) is 0 Å². The van der Waals surface area contributed by atoms with Gasteiger partial charge in [-0.1, -0.05) is 24.8 Å². The number of aliphatic imine (C=N–C) groups is 1. The van der Waals surface area contributed by atoms with E-state index >= 15 is 0 Å². The molecule has 4 rings (SSSR count). The van der Waals surface area contributed by atoms with Gasteiger partial charge in [-0.3, -0.25) is 9.79 Å². The van der Waals surface area contributed by atoms with Crippen LogP contribution in [-0.4, -0.2) is 31.9 Å². The molecule has 2 aliphatic heterocycles. The van der Waals surface area contributed by atoms with Crippen LogP contribution in [0.1, 0.15) is 24.0 Å². The van der Waals surface area contributed by atoms with Gasteiger partial charge in [0.2, 0.25) is 5.91 Å². The van der Waals surface area contributed by atoms with E-state index in [-0.39, 0.29) is 18.4 Å². The van der Waals surface area contributed by atoms with E-state index in [0.717, 1.165) is 23.4 Å². The minimum absolute atomic E-state index is 0.142. The lowest BCUT2D eigenvalue weighted by atomic mass is 10.1. The molecule has 144 valence electrons. The number of carbonyl (C=O) groups excluding carboxylic acids is 1. The molecule has 2 aromatic carbocycles. The number of rotatable bonds is 6. The van der Waals surface area contributed by atoms with Crippen molar-refractivity contribution in [3.8, 4) is 11.5 Å². The fourth-order valence-corrected chi connectivity index (χ4v) is 3.76. The number of ether oxygens (including phenoxy) is 2. The van der Waals surface area contributed by atoms with Crippen LogP contribution in [0.15, 0.2) is 48.0 Å². The molecule has 1 atom stereocenters. The van der Waals surface area contributed by atoms with Crippen molar-refractivity contribution >= 4 is 29.2 Å². The molecule has 0 saturated heterocycles. The average Bonchev–Trinajstić information content (AvgIpc) is 3.01. The fourth-order valence-electron chi connectivity index (χ4n) is 3.76. The van der Waals surface area contributed by atoms with Crippen LogP contribution in [0.5, 0.6) is 11.5 Å². The largest absolute Gasteiger partial charge is 0.493 e. The Morgan fingerprint density at radius 2 is 2.14 bits per heavy atom. The number of para-hydroxylation sites is 1. The number of anilines is 1. The van der Waals surface area contributed by atoms with E-state index in [1.807, 2.05) is 24.4 Å². The zero-order valence-electron chi connectivity index (χ0n) is 15.9. The number of primary amides is 1.